The summed E-state index contributed by atoms with van der Waals surface area (Å²) in [7, 11) is 0. The van der Waals surface area contributed by atoms with E-state index in [0.29, 0.717) is 12.0 Å². The normalized spacial score (nSPS) is 19.6. The molecule has 1 aliphatic rings. The molecule has 1 aliphatic heterocycles. The van der Waals surface area contributed by atoms with Crippen LogP contribution in [0.5, 0.6) is 0 Å². The smallest absolute Gasteiger partial charge is 0.254 e. The summed E-state index contributed by atoms with van der Waals surface area (Å²) in [6.45, 7) is 7.26. The van der Waals surface area contributed by atoms with E-state index >= 15 is 0 Å². The van der Waals surface area contributed by atoms with Crippen molar-refractivity contribution in [1.82, 2.24) is 4.90 Å². The quantitative estimate of drug-likeness (QED) is 0.809. The molecule has 3 heteroatoms. The first-order valence-electron chi connectivity index (χ1n) is 6.61. The van der Waals surface area contributed by atoms with Crippen LogP contribution in [0.1, 0.15) is 42.6 Å². The number of hydrogen-bond acceptors (Lipinski definition) is 2. The molecule has 0 aromatic heterocycles. The minimum Gasteiger partial charge on any atom is -0.335 e. The van der Waals surface area contributed by atoms with Gasteiger partial charge in [-0.05, 0) is 43.4 Å². The van der Waals surface area contributed by atoms with Crippen molar-refractivity contribution >= 4 is 18.5 Å². The van der Waals surface area contributed by atoms with Crippen molar-refractivity contribution in [3.63, 3.8) is 0 Å². The molecule has 2 nitrogen and oxygen atoms in total. The Hall–Kier alpha value is -0.960. The van der Waals surface area contributed by atoms with E-state index in [0.717, 1.165) is 35.4 Å². The number of likely N-dealkylation sites (tertiary alicyclic amines) is 1. The Morgan fingerprint density at radius 3 is 2.83 bits per heavy atom. The number of rotatable bonds is 2. The molecule has 1 aromatic rings. The van der Waals surface area contributed by atoms with Gasteiger partial charge in [-0.2, -0.15) is 0 Å². The summed E-state index contributed by atoms with van der Waals surface area (Å²) in [5.74, 6) is 0.690. The number of hydrogen-bond donors (Lipinski definition) is 1. The van der Waals surface area contributed by atoms with Gasteiger partial charge in [0.1, 0.15) is 0 Å². The van der Waals surface area contributed by atoms with E-state index in [1.165, 1.54) is 0 Å². The van der Waals surface area contributed by atoms with Crippen molar-refractivity contribution in [2.24, 2.45) is 5.92 Å². The monoisotopic (exact) mass is 263 g/mol. The summed E-state index contributed by atoms with van der Waals surface area (Å²) in [5.41, 5.74) is 1.84. The maximum Gasteiger partial charge on any atom is 0.254 e. The molecule has 1 heterocycles. The molecule has 0 radical (unpaired) electrons. The summed E-state index contributed by atoms with van der Waals surface area (Å²) in [5, 5.41) is 0. The fourth-order valence-corrected chi connectivity index (χ4v) is 2.94. The Morgan fingerprint density at radius 1 is 1.44 bits per heavy atom. The van der Waals surface area contributed by atoms with Gasteiger partial charge in [-0.3, -0.25) is 4.79 Å². The van der Waals surface area contributed by atoms with Crippen LogP contribution in [0.15, 0.2) is 23.1 Å². The van der Waals surface area contributed by atoms with Gasteiger partial charge in [0.25, 0.3) is 5.91 Å². The number of benzene rings is 1. The van der Waals surface area contributed by atoms with Crippen molar-refractivity contribution in [3.05, 3.63) is 29.3 Å². The minimum absolute atomic E-state index is 0.166. The van der Waals surface area contributed by atoms with Crippen LogP contribution >= 0.6 is 12.6 Å². The van der Waals surface area contributed by atoms with Gasteiger partial charge in [-0.1, -0.05) is 19.9 Å². The minimum atomic E-state index is 0.166. The lowest BCUT2D eigenvalue weighted by Crippen LogP contribution is -2.38. The van der Waals surface area contributed by atoms with Crippen molar-refractivity contribution in [3.8, 4) is 0 Å². The second-order valence-corrected chi connectivity index (χ2v) is 5.97. The molecule has 1 saturated heterocycles. The van der Waals surface area contributed by atoms with E-state index in [9.17, 15) is 4.79 Å². The molecule has 0 saturated carbocycles. The van der Waals surface area contributed by atoms with Crippen LogP contribution in [0.25, 0.3) is 0 Å². The van der Waals surface area contributed by atoms with E-state index in [1.807, 2.05) is 30.0 Å². The SMILES string of the molecule is Cc1ccc(S)cc1C(=O)N1CCCC1C(C)C. The third kappa shape index (κ3) is 2.56. The van der Waals surface area contributed by atoms with E-state index in [2.05, 4.69) is 26.5 Å². The second kappa shape index (κ2) is 5.35. The average Bonchev–Trinajstić information content (AvgIpc) is 2.80. The first-order valence-corrected chi connectivity index (χ1v) is 7.06. The summed E-state index contributed by atoms with van der Waals surface area (Å²) in [6, 6.07) is 6.17. The number of thiol groups is 1. The number of nitrogens with zero attached hydrogens (tertiary/aromatic N) is 1. The number of amides is 1. The summed E-state index contributed by atoms with van der Waals surface area (Å²) in [4.78, 5) is 15.5. The van der Waals surface area contributed by atoms with Gasteiger partial charge < -0.3 is 4.90 Å². The molecule has 1 aromatic carbocycles. The standard InChI is InChI=1S/C15H21NOS/c1-10(2)14-5-4-8-16(14)15(17)13-9-12(18)7-6-11(13)3/h6-7,9-10,14,18H,4-5,8H2,1-3H3. The molecule has 0 spiro atoms. The molecule has 18 heavy (non-hydrogen) atoms. The lowest BCUT2D eigenvalue weighted by Gasteiger charge is -2.28. The number of aryl methyl sites for hydroxylation is 1. The molecule has 0 aliphatic carbocycles. The maximum absolute atomic E-state index is 12.6. The Balaban J connectivity index is 2.28. The molecule has 0 bridgehead atoms. The van der Waals surface area contributed by atoms with Gasteiger partial charge >= 0.3 is 0 Å². The highest BCUT2D eigenvalue weighted by molar-refractivity contribution is 7.80. The van der Waals surface area contributed by atoms with E-state index in [1.54, 1.807) is 0 Å². The molecule has 1 atom stereocenters. The van der Waals surface area contributed by atoms with Crippen molar-refractivity contribution in [1.29, 1.82) is 0 Å². The van der Waals surface area contributed by atoms with Crippen LogP contribution < -0.4 is 0 Å². The first-order chi connectivity index (χ1) is 8.50. The molecule has 2 rings (SSSR count). The molecule has 98 valence electrons. The van der Waals surface area contributed by atoms with Crippen LogP contribution in [0.2, 0.25) is 0 Å². The fraction of sp³-hybridized carbons (Fsp3) is 0.533. The van der Waals surface area contributed by atoms with Crippen molar-refractivity contribution < 1.29 is 4.79 Å². The average molecular weight is 263 g/mol. The van der Waals surface area contributed by atoms with Gasteiger partial charge in [0.15, 0.2) is 0 Å². The zero-order valence-corrected chi connectivity index (χ0v) is 12.2. The van der Waals surface area contributed by atoms with Crippen LogP contribution in [-0.2, 0) is 0 Å². The zero-order valence-electron chi connectivity index (χ0n) is 11.3. The number of carbonyl (C=O) groups is 1. The van der Waals surface area contributed by atoms with Crippen LogP contribution in [0.3, 0.4) is 0 Å². The lowest BCUT2D eigenvalue weighted by molar-refractivity contribution is 0.0700. The fourth-order valence-electron chi connectivity index (χ4n) is 2.73. The van der Waals surface area contributed by atoms with Crippen molar-refractivity contribution in [2.45, 2.75) is 44.6 Å². The Kier molecular flexibility index (Phi) is 4.00. The first kappa shape index (κ1) is 13.5. The second-order valence-electron chi connectivity index (χ2n) is 5.45. The van der Waals surface area contributed by atoms with Gasteiger partial charge in [0.2, 0.25) is 0 Å². The molecule has 1 amide bonds. The predicted octanol–water partition coefficient (Wildman–Crippen LogP) is 3.54. The number of carbonyl (C=O) groups excluding carboxylic acids is 1. The van der Waals surface area contributed by atoms with Gasteiger partial charge in [0.05, 0.1) is 0 Å². The van der Waals surface area contributed by atoms with E-state index in [-0.39, 0.29) is 5.91 Å². The van der Waals surface area contributed by atoms with Gasteiger partial charge in [-0.15, -0.1) is 12.6 Å². The highest BCUT2D eigenvalue weighted by Gasteiger charge is 2.31. The van der Waals surface area contributed by atoms with Gasteiger partial charge in [0, 0.05) is 23.0 Å². The van der Waals surface area contributed by atoms with Crippen LogP contribution in [-0.4, -0.2) is 23.4 Å². The molecule has 1 fully saturated rings. The molecular formula is C15H21NOS. The Bertz CT molecular complexity index is 456. The zero-order chi connectivity index (χ0) is 13.3. The van der Waals surface area contributed by atoms with E-state index < -0.39 is 0 Å². The summed E-state index contributed by atoms with van der Waals surface area (Å²) < 4.78 is 0. The Morgan fingerprint density at radius 2 is 2.17 bits per heavy atom. The van der Waals surface area contributed by atoms with Crippen LogP contribution in [0.4, 0.5) is 0 Å². The molecule has 0 N–H and O–H groups in total. The third-order valence-electron chi connectivity index (χ3n) is 3.78. The van der Waals surface area contributed by atoms with Crippen molar-refractivity contribution in [2.75, 3.05) is 6.54 Å². The van der Waals surface area contributed by atoms with Crippen LogP contribution in [0, 0.1) is 12.8 Å². The topological polar surface area (TPSA) is 20.3 Å². The summed E-state index contributed by atoms with van der Waals surface area (Å²) in [6.07, 6.45) is 2.25. The Labute approximate surface area is 115 Å². The third-order valence-corrected chi connectivity index (χ3v) is 4.06. The summed E-state index contributed by atoms with van der Waals surface area (Å²) >= 11 is 4.33. The highest BCUT2D eigenvalue weighted by atomic mass is 32.1. The lowest BCUT2D eigenvalue weighted by atomic mass is 10.0. The molecule has 1 unspecified atom stereocenters. The predicted molar refractivity (Wildman–Crippen MR) is 77.3 cm³/mol. The highest BCUT2D eigenvalue weighted by Crippen LogP contribution is 2.27. The largest absolute Gasteiger partial charge is 0.335 e. The maximum atomic E-state index is 12.6. The van der Waals surface area contributed by atoms with E-state index in [4.69, 9.17) is 0 Å². The molecular weight excluding hydrogens is 242 g/mol. The van der Waals surface area contributed by atoms with Gasteiger partial charge in [-0.25, -0.2) is 0 Å².